The third kappa shape index (κ3) is 2.66. The fraction of sp³-hybridized carbons (Fsp3) is 0.400. The first-order chi connectivity index (χ1) is 7.88. The van der Waals surface area contributed by atoms with Gasteiger partial charge in [-0.2, -0.15) is 13.2 Å². The van der Waals surface area contributed by atoms with Gasteiger partial charge in [-0.3, -0.25) is 10.1 Å². The Bertz CT molecular complexity index is 455. The number of nitro benzene ring substituents is 1. The summed E-state index contributed by atoms with van der Waals surface area (Å²) < 4.78 is 37.8. The molecule has 0 saturated heterocycles. The van der Waals surface area contributed by atoms with Gasteiger partial charge in [-0.15, -0.1) is 0 Å². The molecule has 0 atom stereocenters. The van der Waals surface area contributed by atoms with Gasteiger partial charge in [-0.05, 0) is 25.0 Å². The monoisotopic (exact) mass is 246 g/mol. The number of nitro groups is 1. The van der Waals surface area contributed by atoms with Crippen LogP contribution in [0.4, 0.5) is 24.5 Å². The normalized spacial score (nSPS) is 15.7. The number of anilines is 1. The molecule has 0 aromatic heterocycles. The summed E-state index contributed by atoms with van der Waals surface area (Å²) in [5.74, 6) is 0. The van der Waals surface area contributed by atoms with Crippen molar-refractivity contribution >= 4 is 11.4 Å². The molecule has 0 bridgehead atoms. The summed E-state index contributed by atoms with van der Waals surface area (Å²) in [6.07, 6.45) is -2.89. The average Bonchev–Trinajstić information content (AvgIpc) is 3.00. The van der Waals surface area contributed by atoms with Crippen LogP contribution < -0.4 is 5.32 Å². The summed E-state index contributed by atoms with van der Waals surface area (Å²) in [7, 11) is 0. The summed E-state index contributed by atoms with van der Waals surface area (Å²) in [5.41, 5.74) is -1.86. The van der Waals surface area contributed by atoms with Crippen molar-refractivity contribution < 1.29 is 18.1 Å². The van der Waals surface area contributed by atoms with E-state index in [0.29, 0.717) is 0 Å². The van der Waals surface area contributed by atoms with Crippen molar-refractivity contribution in [1.82, 2.24) is 0 Å². The third-order valence-corrected chi connectivity index (χ3v) is 2.45. The molecule has 17 heavy (non-hydrogen) atoms. The van der Waals surface area contributed by atoms with Crippen molar-refractivity contribution in [2.24, 2.45) is 0 Å². The van der Waals surface area contributed by atoms with Gasteiger partial charge in [0.15, 0.2) is 0 Å². The van der Waals surface area contributed by atoms with Crippen LogP contribution >= 0.6 is 0 Å². The van der Waals surface area contributed by atoms with Crippen LogP contribution in [0.25, 0.3) is 0 Å². The van der Waals surface area contributed by atoms with Crippen LogP contribution in [0.5, 0.6) is 0 Å². The lowest BCUT2D eigenvalue weighted by Gasteiger charge is -2.10. The molecule has 4 nitrogen and oxygen atoms in total. The van der Waals surface area contributed by atoms with Gasteiger partial charge in [0.2, 0.25) is 0 Å². The van der Waals surface area contributed by atoms with E-state index < -0.39 is 22.4 Å². The summed E-state index contributed by atoms with van der Waals surface area (Å²) in [5, 5.41) is 13.4. The van der Waals surface area contributed by atoms with Crippen molar-refractivity contribution in [3.05, 3.63) is 33.9 Å². The standard InChI is InChI=1S/C10H9F3N2O2/c11-10(12,13)8-5-7(14-6-1-2-6)3-4-9(8)15(16)17/h3-6,14H,1-2H2. The minimum atomic E-state index is -4.72. The molecule has 0 spiro atoms. The molecular weight excluding hydrogens is 237 g/mol. The summed E-state index contributed by atoms with van der Waals surface area (Å²) >= 11 is 0. The highest BCUT2D eigenvalue weighted by atomic mass is 19.4. The largest absolute Gasteiger partial charge is 0.423 e. The zero-order valence-corrected chi connectivity index (χ0v) is 8.62. The number of benzene rings is 1. The topological polar surface area (TPSA) is 55.2 Å². The Morgan fingerprint density at radius 2 is 2.00 bits per heavy atom. The molecule has 0 heterocycles. The van der Waals surface area contributed by atoms with Crippen LogP contribution in [-0.4, -0.2) is 11.0 Å². The molecule has 0 unspecified atom stereocenters. The quantitative estimate of drug-likeness (QED) is 0.658. The van der Waals surface area contributed by atoms with E-state index in [1.54, 1.807) is 0 Å². The van der Waals surface area contributed by atoms with Gasteiger partial charge in [0, 0.05) is 17.8 Å². The lowest BCUT2D eigenvalue weighted by atomic mass is 10.1. The van der Waals surface area contributed by atoms with Crippen molar-refractivity contribution in [3.8, 4) is 0 Å². The molecule has 1 fully saturated rings. The van der Waals surface area contributed by atoms with Crippen LogP contribution in [0.2, 0.25) is 0 Å². The van der Waals surface area contributed by atoms with Crippen LogP contribution in [0.1, 0.15) is 18.4 Å². The molecule has 0 aliphatic heterocycles. The maximum absolute atomic E-state index is 12.6. The van der Waals surface area contributed by atoms with Crippen LogP contribution in [0, 0.1) is 10.1 Å². The molecule has 1 aliphatic carbocycles. The first-order valence-corrected chi connectivity index (χ1v) is 5.00. The second kappa shape index (κ2) is 3.90. The molecule has 1 aromatic carbocycles. The Hall–Kier alpha value is -1.79. The van der Waals surface area contributed by atoms with Crippen LogP contribution in [-0.2, 0) is 6.18 Å². The minimum absolute atomic E-state index is 0.192. The fourth-order valence-corrected chi connectivity index (χ4v) is 1.48. The summed E-state index contributed by atoms with van der Waals surface area (Å²) in [4.78, 5) is 9.48. The first kappa shape index (κ1) is 11.7. The van der Waals surface area contributed by atoms with E-state index in [4.69, 9.17) is 0 Å². The molecule has 1 aromatic rings. The second-order valence-corrected chi connectivity index (χ2v) is 3.91. The van der Waals surface area contributed by atoms with Crippen LogP contribution in [0.3, 0.4) is 0 Å². The smallest absolute Gasteiger partial charge is 0.382 e. The summed E-state index contributed by atoms with van der Waals surface area (Å²) in [6, 6.07) is 3.16. The van der Waals surface area contributed by atoms with E-state index >= 15 is 0 Å². The number of rotatable bonds is 3. The molecule has 0 amide bonds. The van der Waals surface area contributed by atoms with E-state index in [0.717, 1.165) is 25.0 Å². The van der Waals surface area contributed by atoms with E-state index in [1.807, 2.05) is 0 Å². The van der Waals surface area contributed by atoms with Gasteiger partial charge in [-0.1, -0.05) is 0 Å². The molecule has 1 N–H and O–H groups in total. The third-order valence-electron chi connectivity index (χ3n) is 2.45. The predicted octanol–water partition coefficient (Wildman–Crippen LogP) is 3.19. The number of hydrogen-bond donors (Lipinski definition) is 1. The number of nitrogens with one attached hydrogen (secondary N) is 1. The Labute approximate surface area is 94.6 Å². The highest BCUT2D eigenvalue weighted by molar-refractivity contribution is 5.56. The van der Waals surface area contributed by atoms with Crippen LogP contribution in [0.15, 0.2) is 18.2 Å². The maximum Gasteiger partial charge on any atom is 0.423 e. The van der Waals surface area contributed by atoms with Gasteiger partial charge < -0.3 is 5.32 Å². The first-order valence-electron chi connectivity index (χ1n) is 5.00. The van der Waals surface area contributed by atoms with E-state index in [9.17, 15) is 23.3 Å². The van der Waals surface area contributed by atoms with Crippen molar-refractivity contribution in [1.29, 1.82) is 0 Å². The Balaban J connectivity index is 2.38. The Morgan fingerprint density at radius 3 is 2.47 bits per heavy atom. The molecule has 0 radical (unpaired) electrons. The van der Waals surface area contributed by atoms with E-state index in [2.05, 4.69) is 5.32 Å². The zero-order valence-electron chi connectivity index (χ0n) is 8.62. The van der Waals surface area contributed by atoms with E-state index in [1.165, 1.54) is 6.07 Å². The fourth-order valence-electron chi connectivity index (χ4n) is 1.48. The summed E-state index contributed by atoms with van der Waals surface area (Å²) in [6.45, 7) is 0. The lowest BCUT2D eigenvalue weighted by Crippen LogP contribution is -2.10. The molecule has 92 valence electrons. The van der Waals surface area contributed by atoms with Gasteiger partial charge in [-0.25, -0.2) is 0 Å². The minimum Gasteiger partial charge on any atom is -0.382 e. The van der Waals surface area contributed by atoms with Crippen molar-refractivity contribution in [2.45, 2.75) is 25.1 Å². The van der Waals surface area contributed by atoms with Crippen molar-refractivity contribution in [2.75, 3.05) is 5.32 Å². The van der Waals surface area contributed by atoms with Gasteiger partial charge in [0.25, 0.3) is 5.69 Å². The predicted molar refractivity (Wildman–Crippen MR) is 54.7 cm³/mol. The molecule has 2 rings (SSSR count). The molecule has 1 saturated carbocycles. The van der Waals surface area contributed by atoms with Gasteiger partial charge in [0.1, 0.15) is 5.56 Å². The molecule has 7 heteroatoms. The highest BCUT2D eigenvalue weighted by Crippen LogP contribution is 2.38. The Kier molecular flexibility index (Phi) is 2.68. The van der Waals surface area contributed by atoms with Gasteiger partial charge >= 0.3 is 6.18 Å². The zero-order chi connectivity index (χ0) is 12.6. The van der Waals surface area contributed by atoms with Crippen molar-refractivity contribution in [3.63, 3.8) is 0 Å². The Morgan fingerprint density at radius 1 is 1.35 bits per heavy atom. The number of alkyl halides is 3. The van der Waals surface area contributed by atoms with Gasteiger partial charge in [0.05, 0.1) is 4.92 Å². The molecular formula is C10H9F3N2O2. The lowest BCUT2D eigenvalue weighted by molar-refractivity contribution is -0.388. The van der Waals surface area contributed by atoms with E-state index in [-0.39, 0.29) is 11.7 Å². The average molecular weight is 246 g/mol. The number of nitrogens with zero attached hydrogens (tertiary/aromatic N) is 1. The second-order valence-electron chi connectivity index (χ2n) is 3.91. The SMILES string of the molecule is O=[N+]([O-])c1ccc(NC2CC2)cc1C(F)(F)F. The molecule has 1 aliphatic rings. The number of hydrogen-bond acceptors (Lipinski definition) is 3. The maximum atomic E-state index is 12.6. The number of halogens is 3. The highest BCUT2D eigenvalue weighted by Gasteiger charge is 2.38.